The summed E-state index contributed by atoms with van der Waals surface area (Å²) in [6, 6.07) is 47.6. The number of aryl methyl sites for hydroxylation is 1. The third-order valence-electron chi connectivity index (χ3n) is 12.5. The van der Waals surface area contributed by atoms with Crippen LogP contribution in [0, 0.1) is 17.8 Å². The molecule has 0 spiro atoms. The van der Waals surface area contributed by atoms with Gasteiger partial charge in [0.05, 0.1) is 0 Å². The first-order valence-corrected chi connectivity index (χ1v) is 19.6. The molecule has 0 heteroatoms. The van der Waals surface area contributed by atoms with Gasteiger partial charge in [-0.1, -0.05) is 182 Å². The molecule has 0 saturated heterocycles. The van der Waals surface area contributed by atoms with Crippen molar-refractivity contribution in [3.8, 4) is 0 Å². The Labute approximate surface area is 317 Å². The van der Waals surface area contributed by atoms with Gasteiger partial charge in [0.1, 0.15) is 0 Å². The average Bonchev–Trinajstić information content (AvgIpc) is 3.24. The van der Waals surface area contributed by atoms with Crippen LogP contribution in [0.15, 0.2) is 193 Å². The average molecular weight is 689 g/mol. The second-order valence-electron chi connectivity index (χ2n) is 15.5. The molecular formula is C54H40. The topological polar surface area (TPSA) is 0 Å². The van der Waals surface area contributed by atoms with Crippen molar-refractivity contribution in [2.45, 2.75) is 19.3 Å². The molecule has 0 aromatic heterocycles. The molecule has 0 amide bonds. The Kier molecular flexibility index (Phi) is 7.37. The minimum absolute atomic E-state index is 0.246. The van der Waals surface area contributed by atoms with Crippen LogP contribution in [0.1, 0.15) is 40.7 Å². The van der Waals surface area contributed by atoms with E-state index >= 15 is 0 Å². The predicted molar refractivity (Wildman–Crippen MR) is 229 cm³/mol. The van der Waals surface area contributed by atoms with Crippen molar-refractivity contribution in [2.75, 3.05) is 0 Å². The van der Waals surface area contributed by atoms with Gasteiger partial charge >= 0.3 is 0 Å². The van der Waals surface area contributed by atoms with E-state index < -0.39 is 0 Å². The van der Waals surface area contributed by atoms with Crippen molar-refractivity contribution in [1.82, 2.24) is 0 Å². The molecule has 11 rings (SSSR count). The molecule has 5 aliphatic rings. The molecule has 0 nitrogen and oxygen atoms in total. The summed E-state index contributed by atoms with van der Waals surface area (Å²) < 4.78 is 0. The van der Waals surface area contributed by atoms with E-state index in [0.29, 0.717) is 5.92 Å². The van der Waals surface area contributed by atoms with E-state index in [0.717, 1.165) is 19.3 Å². The van der Waals surface area contributed by atoms with Gasteiger partial charge < -0.3 is 0 Å². The molecule has 0 heterocycles. The maximum atomic E-state index is 2.51. The first kappa shape index (κ1) is 31.3. The minimum atomic E-state index is 0.246. The Morgan fingerprint density at radius 3 is 2.11 bits per heavy atom. The van der Waals surface area contributed by atoms with Gasteiger partial charge in [-0.25, -0.2) is 0 Å². The smallest absolute Gasteiger partial charge is 0.0137 e. The maximum Gasteiger partial charge on any atom is 0.0137 e. The summed E-state index contributed by atoms with van der Waals surface area (Å²) in [5.41, 5.74) is 15.4. The van der Waals surface area contributed by atoms with Crippen LogP contribution in [0.4, 0.5) is 0 Å². The molecule has 6 aromatic carbocycles. The Morgan fingerprint density at radius 1 is 0.519 bits per heavy atom. The standard InChI is InChI=1S/C54H40/c1-3-13-38-31-40(27-23-35(38)11-1)41-28-24-37-26-30-43(34-44(37)33-41)53-49-15-5-7-17-51(49)54(52-18-8-6-16-50(52)53)48-22-10-20-46-45(19-9-21-47(46)48)42-29-25-36-12-2-4-14-39(36)32-42/h1-24,26-28,30-33,44,49,51H,25,29,34H2. The molecule has 6 aromatic rings. The van der Waals surface area contributed by atoms with Crippen LogP contribution in [0.25, 0.3) is 49.9 Å². The SMILES string of the molecule is C1=CC2C(C3=CC=C4C=CC(c5ccc6ccccc6c5)=CC4C3)=c3ccccc3=C(c3cccc4c(C5=Cc6ccccc6CC5)cccc34)C2C=C1. The zero-order chi connectivity index (χ0) is 35.6. The lowest BCUT2D eigenvalue weighted by atomic mass is 9.67. The number of fused-ring (bicyclic) bond motifs is 6. The lowest BCUT2D eigenvalue weighted by Crippen LogP contribution is -2.40. The lowest BCUT2D eigenvalue weighted by Gasteiger charge is -2.36. The number of hydrogen-bond donors (Lipinski definition) is 0. The van der Waals surface area contributed by atoms with Crippen LogP contribution in [0.5, 0.6) is 0 Å². The second kappa shape index (κ2) is 12.7. The first-order valence-electron chi connectivity index (χ1n) is 19.6. The monoisotopic (exact) mass is 688 g/mol. The Bertz CT molecular complexity index is 2910. The van der Waals surface area contributed by atoms with Gasteiger partial charge in [-0.15, -0.1) is 0 Å². The van der Waals surface area contributed by atoms with Gasteiger partial charge in [0.2, 0.25) is 0 Å². The van der Waals surface area contributed by atoms with Crippen molar-refractivity contribution in [3.63, 3.8) is 0 Å². The maximum absolute atomic E-state index is 2.51. The minimum Gasteiger partial charge on any atom is -0.0761 e. The van der Waals surface area contributed by atoms with E-state index in [2.05, 4.69) is 188 Å². The fraction of sp³-hybridized carbons (Fsp3) is 0.111. The van der Waals surface area contributed by atoms with Gasteiger partial charge in [0.15, 0.2) is 0 Å². The van der Waals surface area contributed by atoms with E-state index in [-0.39, 0.29) is 11.8 Å². The number of rotatable bonds is 4. The summed E-state index contributed by atoms with van der Waals surface area (Å²) in [4.78, 5) is 0. The van der Waals surface area contributed by atoms with Crippen molar-refractivity contribution in [1.29, 1.82) is 0 Å². The highest BCUT2D eigenvalue weighted by Crippen LogP contribution is 2.46. The molecule has 5 aliphatic carbocycles. The van der Waals surface area contributed by atoms with Crippen LogP contribution >= 0.6 is 0 Å². The molecule has 0 bridgehead atoms. The second-order valence-corrected chi connectivity index (χ2v) is 15.5. The number of hydrogen-bond acceptors (Lipinski definition) is 0. The first-order chi connectivity index (χ1) is 26.8. The van der Waals surface area contributed by atoms with Gasteiger partial charge in [-0.3, -0.25) is 0 Å². The van der Waals surface area contributed by atoms with E-state index in [1.165, 1.54) is 93.2 Å². The Hall–Kier alpha value is -6.24. The van der Waals surface area contributed by atoms with Crippen molar-refractivity contribution >= 4 is 49.9 Å². The molecule has 0 saturated carbocycles. The van der Waals surface area contributed by atoms with Crippen molar-refractivity contribution < 1.29 is 0 Å². The fourth-order valence-corrected chi connectivity index (χ4v) is 9.95. The fourth-order valence-electron chi connectivity index (χ4n) is 9.95. The molecule has 256 valence electrons. The molecule has 0 N–H and O–H groups in total. The summed E-state index contributed by atoms with van der Waals surface area (Å²) in [6.45, 7) is 0. The Morgan fingerprint density at radius 2 is 1.24 bits per heavy atom. The van der Waals surface area contributed by atoms with Gasteiger partial charge in [-0.05, 0) is 119 Å². The van der Waals surface area contributed by atoms with E-state index in [9.17, 15) is 0 Å². The number of benzene rings is 6. The van der Waals surface area contributed by atoms with Gasteiger partial charge in [0, 0.05) is 17.8 Å². The normalized spacial score (nSPS) is 21.1. The Balaban J connectivity index is 1.05. The quantitative estimate of drug-likeness (QED) is 0.173. The van der Waals surface area contributed by atoms with E-state index in [1.807, 2.05) is 0 Å². The highest BCUT2D eigenvalue weighted by Gasteiger charge is 2.34. The third kappa shape index (κ3) is 5.12. The summed E-state index contributed by atoms with van der Waals surface area (Å²) in [7, 11) is 0. The lowest BCUT2D eigenvalue weighted by molar-refractivity contribution is 0.668. The molecule has 3 atom stereocenters. The van der Waals surface area contributed by atoms with Crippen LogP contribution in [0.3, 0.4) is 0 Å². The van der Waals surface area contributed by atoms with Crippen molar-refractivity contribution in [2.24, 2.45) is 17.8 Å². The van der Waals surface area contributed by atoms with Gasteiger partial charge in [-0.2, -0.15) is 0 Å². The zero-order valence-electron chi connectivity index (χ0n) is 30.3. The summed E-state index contributed by atoms with van der Waals surface area (Å²) in [5.74, 6) is 0.858. The summed E-state index contributed by atoms with van der Waals surface area (Å²) in [5, 5.41) is 8.01. The van der Waals surface area contributed by atoms with Crippen LogP contribution in [0.2, 0.25) is 0 Å². The van der Waals surface area contributed by atoms with Crippen molar-refractivity contribution in [3.05, 3.63) is 231 Å². The van der Waals surface area contributed by atoms with E-state index in [1.54, 1.807) is 0 Å². The third-order valence-corrected chi connectivity index (χ3v) is 12.5. The van der Waals surface area contributed by atoms with Crippen LogP contribution in [-0.2, 0) is 6.42 Å². The van der Waals surface area contributed by atoms with Crippen LogP contribution < -0.4 is 10.4 Å². The summed E-state index contributed by atoms with van der Waals surface area (Å²) >= 11 is 0. The van der Waals surface area contributed by atoms with Crippen LogP contribution in [-0.4, -0.2) is 0 Å². The predicted octanol–water partition coefficient (Wildman–Crippen LogP) is 11.7. The highest BCUT2D eigenvalue weighted by atomic mass is 14.4. The molecule has 3 unspecified atom stereocenters. The highest BCUT2D eigenvalue weighted by molar-refractivity contribution is 6.03. The molecule has 0 fully saturated rings. The van der Waals surface area contributed by atoms with E-state index in [4.69, 9.17) is 0 Å². The molecule has 54 heavy (non-hydrogen) atoms. The summed E-state index contributed by atoms with van der Waals surface area (Å²) in [6.07, 6.45) is 27.0. The van der Waals surface area contributed by atoms with Gasteiger partial charge in [0.25, 0.3) is 0 Å². The zero-order valence-corrected chi connectivity index (χ0v) is 30.3. The largest absolute Gasteiger partial charge is 0.0761 e. The molecule has 0 aliphatic heterocycles. The molecular weight excluding hydrogens is 649 g/mol. The number of allylic oxidation sites excluding steroid dienone is 13. The molecule has 0 radical (unpaired) electrons.